The highest BCUT2D eigenvalue weighted by Crippen LogP contribution is 2.27. The Bertz CT molecular complexity index is 890. The van der Waals surface area contributed by atoms with E-state index in [4.69, 9.17) is 0 Å². The molecule has 0 radical (unpaired) electrons. The van der Waals surface area contributed by atoms with Crippen LogP contribution in [-0.4, -0.2) is 50.6 Å². The predicted molar refractivity (Wildman–Crippen MR) is 108 cm³/mol. The number of sulfonamides is 1. The molecule has 6 N–H and O–H groups in total. The highest BCUT2D eigenvalue weighted by molar-refractivity contribution is 7.92. The molecule has 2 rings (SSSR count). The van der Waals surface area contributed by atoms with Gasteiger partial charge in [0.25, 0.3) is 0 Å². The van der Waals surface area contributed by atoms with Gasteiger partial charge in [-0.3, -0.25) is 4.72 Å². The van der Waals surface area contributed by atoms with Gasteiger partial charge in [0, 0.05) is 25.3 Å². The Balaban J connectivity index is 1.74. The number of nitrogens with one attached hydrogen (secondary N) is 4. The fourth-order valence-corrected chi connectivity index (χ4v) is 2.92. The maximum Gasteiger partial charge on any atom is 0.319 e. The largest absolute Gasteiger partial charge is 0.506 e. The van der Waals surface area contributed by atoms with Crippen molar-refractivity contribution in [1.82, 2.24) is 10.6 Å². The van der Waals surface area contributed by atoms with Crippen molar-refractivity contribution in [3.8, 4) is 5.75 Å². The van der Waals surface area contributed by atoms with Crippen molar-refractivity contribution in [1.29, 1.82) is 0 Å². The minimum absolute atomic E-state index is 0.00157. The molecule has 10 heteroatoms. The van der Waals surface area contributed by atoms with E-state index < -0.39 is 16.1 Å². The maximum atomic E-state index is 11.7. The Hall–Kier alpha value is -2.82. The topological polar surface area (TPSA) is 140 Å². The van der Waals surface area contributed by atoms with Crippen LogP contribution in [0.3, 0.4) is 0 Å². The molecule has 1 atom stereocenters. The van der Waals surface area contributed by atoms with Gasteiger partial charge in [0.15, 0.2) is 0 Å². The normalized spacial score (nSPS) is 12.2. The van der Waals surface area contributed by atoms with Crippen molar-refractivity contribution in [2.45, 2.75) is 6.10 Å². The molecule has 2 aromatic carbocycles. The first-order chi connectivity index (χ1) is 13.2. The van der Waals surface area contributed by atoms with Crippen LogP contribution in [0, 0.1) is 0 Å². The van der Waals surface area contributed by atoms with Crippen LogP contribution in [0.5, 0.6) is 5.75 Å². The summed E-state index contributed by atoms with van der Waals surface area (Å²) in [5.74, 6) is -0.233. The summed E-state index contributed by atoms with van der Waals surface area (Å²) in [5.41, 5.74) is 1.12. The fraction of sp³-hybridized carbons (Fsp3) is 0.278. The van der Waals surface area contributed by atoms with E-state index in [9.17, 15) is 23.4 Å². The molecule has 2 aromatic rings. The standard InChI is InChI=1S/C18H24N4O5S/c1-28(26,27)22-15-11-13(7-8-16(15)23)17(24)12-19-9-10-20-18(25)21-14-5-3-2-4-6-14/h2-8,11,17,19,22-24H,9-10,12H2,1H3,(H2,20,21,25). The van der Waals surface area contributed by atoms with Crippen LogP contribution < -0.4 is 20.7 Å². The number of amides is 2. The summed E-state index contributed by atoms with van der Waals surface area (Å²) in [6.07, 6.45) is 0.0526. The van der Waals surface area contributed by atoms with Crippen LogP contribution in [0.25, 0.3) is 0 Å². The van der Waals surface area contributed by atoms with E-state index in [1.54, 1.807) is 12.1 Å². The predicted octanol–water partition coefficient (Wildman–Crippen LogP) is 1.21. The first-order valence-electron chi connectivity index (χ1n) is 8.54. The number of rotatable bonds is 9. The van der Waals surface area contributed by atoms with Gasteiger partial charge in [-0.25, -0.2) is 13.2 Å². The second-order valence-electron chi connectivity index (χ2n) is 6.12. The number of aliphatic hydroxyl groups excluding tert-OH is 1. The van der Waals surface area contributed by atoms with E-state index in [1.807, 2.05) is 18.2 Å². The lowest BCUT2D eigenvalue weighted by Crippen LogP contribution is -2.35. The summed E-state index contributed by atoms with van der Waals surface area (Å²) in [4.78, 5) is 11.7. The number of para-hydroxylation sites is 1. The Kier molecular flexibility index (Phi) is 7.61. The molecule has 0 heterocycles. The first kappa shape index (κ1) is 21.5. The number of hydrogen-bond acceptors (Lipinski definition) is 6. The summed E-state index contributed by atoms with van der Waals surface area (Å²) in [6.45, 7) is 0.957. The van der Waals surface area contributed by atoms with Crippen LogP contribution in [0.15, 0.2) is 48.5 Å². The number of aromatic hydroxyl groups is 1. The molecule has 0 spiro atoms. The average molecular weight is 408 g/mol. The molecule has 0 aliphatic rings. The van der Waals surface area contributed by atoms with E-state index >= 15 is 0 Å². The first-order valence-corrected chi connectivity index (χ1v) is 10.4. The zero-order valence-corrected chi connectivity index (χ0v) is 16.2. The summed E-state index contributed by atoms with van der Waals surface area (Å²) in [7, 11) is -3.55. The number of phenolic OH excluding ortho intramolecular Hbond substituents is 1. The Morgan fingerprint density at radius 3 is 2.50 bits per heavy atom. The molecule has 0 fully saturated rings. The van der Waals surface area contributed by atoms with E-state index in [0.717, 1.165) is 6.26 Å². The van der Waals surface area contributed by atoms with Gasteiger partial charge in [-0.1, -0.05) is 24.3 Å². The minimum Gasteiger partial charge on any atom is -0.506 e. The van der Waals surface area contributed by atoms with Crippen molar-refractivity contribution < 1.29 is 23.4 Å². The van der Waals surface area contributed by atoms with Crippen LogP contribution in [0.2, 0.25) is 0 Å². The van der Waals surface area contributed by atoms with Crippen molar-refractivity contribution in [3.05, 3.63) is 54.1 Å². The maximum absolute atomic E-state index is 11.7. The molecule has 152 valence electrons. The monoisotopic (exact) mass is 408 g/mol. The minimum atomic E-state index is -3.55. The zero-order chi connectivity index (χ0) is 20.6. The van der Waals surface area contributed by atoms with Crippen molar-refractivity contribution in [2.75, 3.05) is 35.9 Å². The highest BCUT2D eigenvalue weighted by atomic mass is 32.2. The van der Waals surface area contributed by atoms with E-state index in [1.165, 1.54) is 18.2 Å². The van der Waals surface area contributed by atoms with E-state index in [2.05, 4.69) is 20.7 Å². The summed E-state index contributed by atoms with van der Waals surface area (Å²) in [5, 5.41) is 28.3. The molecular formula is C18H24N4O5S. The smallest absolute Gasteiger partial charge is 0.319 e. The second-order valence-corrected chi connectivity index (χ2v) is 7.87. The number of carbonyl (C=O) groups is 1. The SMILES string of the molecule is CS(=O)(=O)Nc1cc(C(O)CNCCNC(=O)Nc2ccccc2)ccc1O. The van der Waals surface area contributed by atoms with Gasteiger partial charge in [0.1, 0.15) is 5.75 Å². The van der Waals surface area contributed by atoms with Crippen molar-refractivity contribution in [3.63, 3.8) is 0 Å². The van der Waals surface area contributed by atoms with Crippen LogP contribution >= 0.6 is 0 Å². The van der Waals surface area contributed by atoms with Crippen molar-refractivity contribution >= 4 is 27.4 Å². The number of aliphatic hydroxyl groups is 1. The van der Waals surface area contributed by atoms with E-state index in [-0.39, 0.29) is 24.0 Å². The van der Waals surface area contributed by atoms with Gasteiger partial charge >= 0.3 is 6.03 Å². The molecule has 28 heavy (non-hydrogen) atoms. The third-order valence-electron chi connectivity index (χ3n) is 3.66. The number of carbonyl (C=O) groups excluding carboxylic acids is 1. The molecule has 0 bridgehead atoms. The molecule has 2 amide bonds. The molecular weight excluding hydrogens is 384 g/mol. The third-order valence-corrected chi connectivity index (χ3v) is 4.25. The second kappa shape index (κ2) is 9.93. The Labute approximate surface area is 163 Å². The summed E-state index contributed by atoms with van der Waals surface area (Å²) >= 11 is 0. The van der Waals surface area contributed by atoms with Gasteiger partial charge < -0.3 is 26.2 Å². The summed E-state index contributed by atoms with van der Waals surface area (Å²) in [6, 6.07) is 12.9. The van der Waals surface area contributed by atoms with Crippen LogP contribution in [0.1, 0.15) is 11.7 Å². The molecule has 0 saturated heterocycles. The number of urea groups is 1. The lowest BCUT2D eigenvalue weighted by Gasteiger charge is -2.15. The lowest BCUT2D eigenvalue weighted by molar-refractivity contribution is 0.175. The number of hydrogen-bond donors (Lipinski definition) is 6. The molecule has 0 saturated carbocycles. The number of benzene rings is 2. The van der Waals surface area contributed by atoms with E-state index in [0.29, 0.717) is 24.3 Å². The number of anilines is 2. The van der Waals surface area contributed by atoms with Gasteiger partial charge in [-0.15, -0.1) is 0 Å². The Morgan fingerprint density at radius 1 is 1.11 bits per heavy atom. The Morgan fingerprint density at radius 2 is 1.82 bits per heavy atom. The highest BCUT2D eigenvalue weighted by Gasteiger charge is 2.12. The van der Waals surface area contributed by atoms with Crippen molar-refractivity contribution in [2.24, 2.45) is 0 Å². The molecule has 1 unspecified atom stereocenters. The fourth-order valence-electron chi connectivity index (χ4n) is 2.36. The van der Waals surface area contributed by atoms with Gasteiger partial charge in [-0.05, 0) is 29.8 Å². The van der Waals surface area contributed by atoms with Gasteiger partial charge in [0.05, 0.1) is 18.0 Å². The molecule has 0 aliphatic carbocycles. The summed E-state index contributed by atoms with van der Waals surface area (Å²) < 4.78 is 24.8. The number of phenols is 1. The molecule has 9 nitrogen and oxygen atoms in total. The van der Waals surface area contributed by atoms with Crippen LogP contribution in [-0.2, 0) is 10.0 Å². The van der Waals surface area contributed by atoms with Crippen LogP contribution in [0.4, 0.5) is 16.2 Å². The third kappa shape index (κ3) is 7.43. The lowest BCUT2D eigenvalue weighted by atomic mass is 10.1. The quantitative estimate of drug-likeness (QED) is 0.272. The van der Waals surface area contributed by atoms with Gasteiger partial charge in [0.2, 0.25) is 10.0 Å². The van der Waals surface area contributed by atoms with Gasteiger partial charge in [-0.2, -0.15) is 0 Å². The molecule has 0 aromatic heterocycles. The average Bonchev–Trinajstić information content (AvgIpc) is 2.62. The zero-order valence-electron chi connectivity index (χ0n) is 15.3. The molecule has 0 aliphatic heterocycles.